The molecule has 0 saturated heterocycles. The van der Waals surface area contributed by atoms with E-state index in [9.17, 15) is 13.6 Å². The highest BCUT2D eigenvalue weighted by molar-refractivity contribution is 5.85. The van der Waals surface area contributed by atoms with Crippen LogP contribution in [0.1, 0.15) is 18.4 Å². The molecule has 2 rings (SSSR count). The van der Waals surface area contributed by atoms with Crippen molar-refractivity contribution < 1.29 is 28.2 Å². The van der Waals surface area contributed by atoms with Crippen LogP contribution in [-0.4, -0.2) is 24.5 Å². The number of rotatable bonds is 7. The summed E-state index contributed by atoms with van der Waals surface area (Å²) in [6, 6.07) is 2.00. The van der Waals surface area contributed by atoms with E-state index >= 15 is 0 Å². The topological polar surface area (TPSA) is 55.8 Å². The lowest BCUT2D eigenvalue weighted by Gasteiger charge is -2.09. The predicted octanol–water partition coefficient (Wildman–Crippen LogP) is 2.83. The number of halogens is 2. The van der Waals surface area contributed by atoms with Gasteiger partial charge in [-0.3, -0.25) is 0 Å². The van der Waals surface area contributed by atoms with Gasteiger partial charge in [0.25, 0.3) is 0 Å². The zero-order chi connectivity index (χ0) is 14.5. The van der Waals surface area contributed by atoms with Crippen LogP contribution in [0.2, 0.25) is 0 Å². The summed E-state index contributed by atoms with van der Waals surface area (Å²) in [7, 11) is 0. The quantitative estimate of drug-likeness (QED) is 0.475. The van der Waals surface area contributed by atoms with Crippen molar-refractivity contribution in [2.24, 2.45) is 5.92 Å². The molecule has 1 aromatic carbocycles. The Hall–Kier alpha value is -1.95. The molecule has 1 saturated carbocycles. The maximum atomic E-state index is 13.6. The van der Waals surface area contributed by atoms with Crippen LogP contribution in [0.5, 0.6) is 5.75 Å². The Bertz CT molecular complexity index is 501. The molecular weight excluding hydrogens is 270 g/mol. The van der Waals surface area contributed by atoms with E-state index in [0.29, 0.717) is 12.5 Å². The number of carbonyl (C=O) groups is 1. The first kappa shape index (κ1) is 14.5. The molecule has 0 amide bonds. The maximum Gasteiger partial charge on any atom is 0.328 e. The second-order valence-corrected chi connectivity index (χ2v) is 4.56. The molecule has 1 aromatic rings. The average molecular weight is 284 g/mol. The molecule has 108 valence electrons. The first-order valence-corrected chi connectivity index (χ1v) is 6.17. The van der Waals surface area contributed by atoms with Gasteiger partial charge in [-0.15, -0.1) is 0 Å². The smallest absolute Gasteiger partial charge is 0.328 e. The summed E-state index contributed by atoms with van der Waals surface area (Å²) in [4.78, 5) is 10.3. The second-order valence-electron chi connectivity index (χ2n) is 4.56. The third-order valence-electron chi connectivity index (χ3n) is 2.78. The molecular formula is C14H14F2O4. The van der Waals surface area contributed by atoms with Crippen molar-refractivity contribution in [1.29, 1.82) is 0 Å². The lowest BCUT2D eigenvalue weighted by Crippen LogP contribution is -2.07. The Balaban J connectivity index is 1.96. The van der Waals surface area contributed by atoms with Gasteiger partial charge in [-0.05, 0) is 42.5 Å². The predicted molar refractivity (Wildman–Crippen MR) is 67.2 cm³/mol. The van der Waals surface area contributed by atoms with E-state index in [-0.39, 0.29) is 12.4 Å². The molecule has 0 unspecified atom stereocenters. The molecule has 0 aromatic heterocycles. The Labute approximate surface area is 114 Å². The van der Waals surface area contributed by atoms with Crippen LogP contribution < -0.4 is 4.74 Å². The van der Waals surface area contributed by atoms with Crippen LogP contribution in [0.3, 0.4) is 0 Å². The third kappa shape index (κ3) is 4.31. The summed E-state index contributed by atoms with van der Waals surface area (Å²) in [5.74, 6) is -2.97. The zero-order valence-electron chi connectivity index (χ0n) is 10.6. The Kier molecular flexibility index (Phi) is 4.68. The molecule has 4 nitrogen and oxygen atoms in total. The van der Waals surface area contributed by atoms with E-state index in [1.54, 1.807) is 0 Å². The van der Waals surface area contributed by atoms with Gasteiger partial charge in [0.2, 0.25) is 0 Å². The van der Waals surface area contributed by atoms with Crippen LogP contribution in [0.4, 0.5) is 8.78 Å². The van der Waals surface area contributed by atoms with Gasteiger partial charge in [0.15, 0.2) is 24.2 Å². The fourth-order valence-electron chi connectivity index (χ4n) is 1.58. The zero-order valence-corrected chi connectivity index (χ0v) is 10.6. The average Bonchev–Trinajstić information content (AvgIpc) is 3.18. The van der Waals surface area contributed by atoms with Gasteiger partial charge in [0.1, 0.15) is 0 Å². The lowest BCUT2D eigenvalue weighted by molar-refractivity contribution is -0.131. The Morgan fingerprint density at radius 1 is 1.35 bits per heavy atom. The molecule has 1 aliphatic rings. The van der Waals surface area contributed by atoms with Gasteiger partial charge in [0, 0.05) is 6.08 Å². The number of aliphatic carboxylic acids is 1. The minimum Gasteiger partial charge on any atom is -0.478 e. The Morgan fingerprint density at radius 3 is 2.55 bits per heavy atom. The van der Waals surface area contributed by atoms with Crippen molar-refractivity contribution in [3.63, 3.8) is 0 Å². The number of ether oxygens (including phenoxy) is 2. The van der Waals surface area contributed by atoms with Crippen LogP contribution in [0.15, 0.2) is 18.2 Å². The summed E-state index contributed by atoms with van der Waals surface area (Å²) in [6.45, 7) is 0.317. The molecule has 1 fully saturated rings. The monoisotopic (exact) mass is 284 g/mol. The normalized spacial score (nSPS) is 14.7. The standard InChI is InChI=1S/C14H14F2O4/c15-11-5-10(3-4-13(17)18)6-12(16)14(11)20-8-19-7-9-1-2-9/h3-6,9H,1-2,7-8H2,(H,17,18)/b4-3+. The highest BCUT2D eigenvalue weighted by Crippen LogP contribution is 2.29. The molecule has 6 heteroatoms. The second kappa shape index (κ2) is 6.47. The SMILES string of the molecule is O=C(O)/C=C/c1cc(F)c(OCOCC2CC2)c(F)c1. The summed E-state index contributed by atoms with van der Waals surface area (Å²) < 4.78 is 37.3. The summed E-state index contributed by atoms with van der Waals surface area (Å²) in [5, 5.41) is 8.45. The van der Waals surface area contributed by atoms with Gasteiger partial charge in [0.05, 0.1) is 6.61 Å². The minimum atomic E-state index is -1.19. The van der Waals surface area contributed by atoms with Gasteiger partial charge < -0.3 is 14.6 Å². The fourth-order valence-corrected chi connectivity index (χ4v) is 1.58. The van der Waals surface area contributed by atoms with Crippen molar-refractivity contribution in [2.45, 2.75) is 12.8 Å². The van der Waals surface area contributed by atoms with Crippen LogP contribution in [0.25, 0.3) is 6.08 Å². The Morgan fingerprint density at radius 2 is 2.00 bits per heavy atom. The van der Waals surface area contributed by atoms with Crippen molar-refractivity contribution in [1.82, 2.24) is 0 Å². The van der Waals surface area contributed by atoms with E-state index in [0.717, 1.165) is 37.1 Å². The van der Waals surface area contributed by atoms with E-state index in [2.05, 4.69) is 0 Å². The molecule has 0 aliphatic heterocycles. The summed E-state index contributed by atoms with van der Waals surface area (Å²) in [6.07, 6.45) is 4.13. The largest absolute Gasteiger partial charge is 0.478 e. The molecule has 0 radical (unpaired) electrons. The fraction of sp³-hybridized carbons (Fsp3) is 0.357. The van der Waals surface area contributed by atoms with Gasteiger partial charge >= 0.3 is 5.97 Å². The third-order valence-corrected chi connectivity index (χ3v) is 2.78. The number of hydrogen-bond acceptors (Lipinski definition) is 3. The van der Waals surface area contributed by atoms with Gasteiger partial charge in [-0.2, -0.15) is 0 Å². The van der Waals surface area contributed by atoms with Crippen LogP contribution in [0, 0.1) is 17.6 Å². The van der Waals surface area contributed by atoms with Gasteiger partial charge in [-0.25, -0.2) is 13.6 Å². The summed E-state index contributed by atoms with van der Waals surface area (Å²) >= 11 is 0. The first-order valence-electron chi connectivity index (χ1n) is 6.17. The molecule has 0 heterocycles. The van der Waals surface area contributed by atoms with Crippen molar-refractivity contribution in [3.8, 4) is 5.75 Å². The number of benzene rings is 1. The van der Waals surface area contributed by atoms with Crippen molar-refractivity contribution in [2.75, 3.05) is 13.4 Å². The maximum absolute atomic E-state index is 13.6. The lowest BCUT2D eigenvalue weighted by atomic mass is 10.2. The van der Waals surface area contributed by atoms with E-state index < -0.39 is 23.4 Å². The van der Waals surface area contributed by atoms with Gasteiger partial charge in [-0.1, -0.05) is 0 Å². The molecule has 20 heavy (non-hydrogen) atoms. The molecule has 0 bridgehead atoms. The number of carboxylic acids is 1. The number of hydrogen-bond donors (Lipinski definition) is 1. The highest BCUT2D eigenvalue weighted by Gasteiger charge is 2.21. The number of carboxylic acid groups (broad SMARTS) is 1. The highest BCUT2D eigenvalue weighted by atomic mass is 19.1. The molecule has 0 spiro atoms. The van der Waals surface area contributed by atoms with Crippen molar-refractivity contribution >= 4 is 12.0 Å². The molecule has 1 N–H and O–H groups in total. The van der Waals surface area contributed by atoms with E-state index in [4.69, 9.17) is 14.6 Å². The van der Waals surface area contributed by atoms with Crippen LogP contribution in [-0.2, 0) is 9.53 Å². The molecule has 1 aliphatic carbocycles. The first-order chi connectivity index (χ1) is 9.56. The summed E-state index contributed by atoms with van der Waals surface area (Å²) in [5.41, 5.74) is 0.105. The minimum absolute atomic E-state index is 0.105. The van der Waals surface area contributed by atoms with E-state index in [1.165, 1.54) is 0 Å². The molecule has 0 atom stereocenters. The van der Waals surface area contributed by atoms with Crippen molar-refractivity contribution in [3.05, 3.63) is 35.4 Å². The van der Waals surface area contributed by atoms with Crippen LogP contribution >= 0.6 is 0 Å². The van der Waals surface area contributed by atoms with E-state index in [1.807, 2.05) is 0 Å².